The van der Waals surface area contributed by atoms with Crippen LogP contribution in [0.25, 0.3) is 10.8 Å². The molecule has 0 atom stereocenters. The van der Waals surface area contributed by atoms with Gasteiger partial charge in [-0.05, 0) is 0 Å². The molecule has 0 heterocycles. The molecule has 0 bridgehead atoms. The molecule has 3 aromatic rings. The molecular formula is C20H18O2SSe. The van der Waals surface area contributed by atoms with Crippen molar-refractivity contribution in [2.45, 2.75) is 4.90 Å². The molecule has 0 amide bonds. The zero-order chi connectivity index (χ0) is 16.6. The predicted octanol–water partition coefficient (Wildman–Crippen LogP) is 4.45. The van der Waals surface area contributed by atoms with Crippen molar-refractivity contribution in [3.05, 3.63) is 78.4 Å². The molecule has 0 aliphatic heterocycles. The Kier molecular flexibility index (Phi) is 6.50. The van der Waals surface area contributed by atoms with E-state index in [2.05, 4.69) is 42.5 Å². The molecule has 4 heteroatoms. The number of fused-ring (bicyclic) bond motifs is 1. The monoisotopic (exact) mass is 402 g/mol. The van der Waals surface area contributed by atoms with Gasteiger partial charge in [0.2, 0.25) is 0 Å². The maximum atomic E-state index is 12.0. The van der Waals surface area contributed by atoms with Crippen LogP contribution in [0.15, 0.2) is 77.7 Å². The summed E-state index contributed by atoms with van der Waals surface area (Å²) in [5.74, 6) is 0.897. The van der Waals surface area contributed by atoms with Crippen LogP contribution in [0.5, 0.6) is 0 Å². The molecule has 0 N–H and O–H groups in total. The van der Waals surface area contributed by atoms with Crippen molar-refractivity contribution in [3.8, 4) is 0 Å². The molecule has 3 aromatic carbocycles. The number of rotatable bonds is 8. The van der Waals surface area contributed by atoms with E-state index < -0.39 is 0 Å². The van der Waals surface area contributed by atoms with Crippen LogP contribution in [-0.4, -0.2) is 37.5 Å². The van der Waals surface area contributed by atoms with Gasteiger partial charge in [-0.3, -0.25) is 0 Å². The molecule has 0 aliphatic carbocycles. The molecule has 24 heavy (non-hydrogen) atoms. The summed E-state index contributed by atoms with van der Waals surface area (Å²) in [5.41, 5.74) is 1.32. The predicted molar refractivity (Wildman–Crippen MR) is 102 cm³/mol. The molecule has 0 aliphatic rings. The van der Waals surface area contributed by atoms with Gasteiger partial charge < -0.3 is 0 Å². The Hall–Kier alpha value is -1.58. The number of carbonyl (C=O) groups excluding carboxylic acids is 1. The Balaban J connectivity index is 1.37. The van der Waals surface area contributed by atoms with Crippen molar-refractivity contribution in [3.63, 3.8) is 0 Å². The number of ether oxygens (including phenoxy) is 1. The molecule has 2 nitrogen and oxygen atoms in total. The van der Waals surface area contributed by atoms with Gasteiger partial charge in [0.1, 0.15) is 0 Å². The topological polar surface area (TPSA) is 26.3 Å². The van der Waals surface area contributed by atoms with Crippen LogP contribution in [0.2, 0.25) is 0 Å². The van der Waals surface area contributed by atoms with E-state index in [0.29, 0.717) is 12.1 Å². The van der Waals surface area contributed by atoms with Crippen LogP contribution >= 0.6 is 11.8 Å². The van der Waals surface area contributed by atoms with Crippen LogP contribution in [0.1, 0.15) is 10.4 Å². The van der Waals surface area contributed by atoms with Crippen LogP contribution in [-0.2, 0) is 4.74 Å². The molecule has 0 aromatic heterocycles. The fraction of sp³-hybridized carbons (Fsp3) is 0.150. The van der Waals surface area contributed by atoms with E-state index in [0.717, 1.165) is 11.3 Å². The standard InChI is InChI=1S/C20H18O2SSe/c21-20(17-7-2-1-3-8-17)24-15-22-12-13-23-19-11-10-16-6-4-5-9-18(16)14-19/h1-11,14H,12-13,15H2. The third-order valence-corrected chi connectivity index (χ3v) is 6.10. The normalized spacial score (nSPS) is 10.8. The summed E-state index contributed by atoms with van der Waals surface area (Å²) >= 11 is 1.64. The average Bonchev–Trinajstić information content (AvgIpc) is 2.65. The zero-order valence-corrected chi connectivity index (χ0v) is 15.7. The number of hydrogen-bond donors (Lipinski definition) is 0. The fourth-order valence-corrected chi connectivity index (χ4v) is 4.38. The van der Waals surface area contributed by atoms with Crippen molar-refractivity contribution in [1.82, 2.24) is 0 Å². The third kappa shape index (κ3) is 4.96. The van der Waals surface area contributed by atoms with Gasteiger partial charge in [0.05, 0.1) is 0 Å². The number of hydrogen-bond acceptors (Lipinski definition) is 3. The van der Waals surface area contributed by atoms with E-state index in [1.165, 1.54) is 15.7 Å². The second-order valence-electron chi connectivity index (χ2n) is 5.18. The SMILES string of the molecule is O=C([Se]COCCSc1ccc2ccccc2c1)c1ccccc1. The molecule has 122 valence electrons. The van der Waals surface area contributed by atoms with Gasteiger partial charge in [0.15, 0.2) is 0 Å². The second-order valence-corrected chi connectivity index (χ2v) is 8.23. The second kappa shape index (κ2) is 9.05. The fourth-order valence-electron chi connectivity index (χ4n) is 2.29. The molecule has 0 radical (unpaired) electrons. The summed E-state index contributed by atoms with van der Waals surface area (Å²) in [5, 5.41) is 2.53. The summed E-state index contributed by atoms with van der Waals surface area (Å²) in [7, 11) is 0. The number of carbonyl (C=O) groups is 1. The van der Waals surface area contributed by atoms with Crippen LogP contribution in [0.3, 0.4) is 0 Å². The molecule has 0 saturated carbocycles. The van der Waals surface area contributed by atoms with Crippen LogP contribution < -0.4 is 0 Å². The maximum absolute atomic E-state index is 12.0. The summed E-state index contributed by atoms with van der Waals surface area (Å²) in [6.07, 6.45) is 0. The van der Waals surface area contributed by atoms with Gasteiger partial charge in [-0.25, -0.2) is 0 Å². The summed E-state index contributed by atoms with van der Waals surface area (Å²) in [6.45, 7) is 0.668. The van der Waals surface area contributed by atoms with Crippen molar-refractivity contribution in [2.24, 2.45) is 0 Å². The summed E-state index contributed by atoms with van der Waals surface area (Å²) in [6, 6.07) is 24.3. The molecule has 3 rings (SSSR count). The Morgan fingerprint density at radius 2 is 1.67 bits per heavy atom. The molecule has 0 fully saturated rings. The van der Waals surface area contributed by atoms with E-state index in [1.54, 1.807) is 11.8 Å². The van der Waals surface area contributed by atoms with Crippen molar-refractivity contribution >= 4 is 42.2 Å². The first-order valence-electron chi connectivity index (χ1n) is 7.74. The number of thioether (sulfide) groups is 1. The van der Waals surface area contributed by atoms with E-state index in [9.17, 15) is 4.79 Å². The van der Waals surface area contributed by atoms with E-state index in [4.69, 9.17) is 4.74 Å². The molecule has 0 spiro atoms. The zero-order valence-electron chi connectivity index (χ0n) is 13.2. The Morgan fingerprint density at radius 3 is 2.50 bits per heavy atom. The van der Waals surface area contributed by atoms with Crippen LogP contribution in [0, 0.1) is 0 Å². The Labute approximate surface area is 152 Å². The Morgan fingerprint density at radius 1 is 0.917 bits per heavy atom. The van der Waals surface area contributed by atoms with E-state index in [1.807, 2.05) is 30.3 Å². The molecule has 0 saturated heterocycles. The van der Waals surface area contributed by atoms with Gasteiger partial charge in [0.25, 0.3) is 0 Å². The van der Waals surface area contributed by atoms with Crippen molar-refractivity contribution in [1.29, 1.82) is 0 Å². The quantitative estimate of drug-likeness (QED) is 0.317. The minimum atomic E-state index is -0.144. The molecular weight excluding hydrogens is 383 g/mol. The third-order valence-electron chi connectivity index (χ3n) is 3.50. The van der Waals surface area contributed by atoms with Crippen LogP contribution in [0.4, 0.5) is 0 Å². The van der Waals surface area contributed by atoms with Gasteiger partial charge in [-0.15, -0.1) is 0 Å². The van der Waals surface area contributed by atoms with Gasteiger partial charge in [-0.1, -0.05) is 0 Å². The van der Waals surface area contributed by atoms with Crippen molar-refractivity contribution in [2.75, 3.05) is 17.9 Å². The van der Waals surface area contributed by atoms with Crippen molar-refractivity contribution < 1.29 is 9.53 Å². The van der Waals surface area contributed by atoms with Gasteiger partial charge in [0, 0.05) is 0 Å². The minimum absolute atomic E-state index is 0.144. The van der Waals surface area contributed by atoms with Gasteiger partial charge in [-0.2, -0.15) is 0 Å². The molecule has 0 unspecified atom stereocenters. The first-order chi connectivity index (χ1) is 11.8. The summed E-state index contributed by atoms with van der Waals surface area (Å²) < 4.78 is 5.82. The summed E-state index contributed by atoms with van der Waals surface area (Å²) in [4.78, 5) is 13.2. The van der Waals surface area contributed by atoms with E-state index >= 15 is 0 Å². The Bertz CT molecular complexity index is 805. The first-order valence-corrected chi connectivity index (χ1v) is 10.8. The van der Waals surface area contributed by atoms with E-state index in [-0.39, 0.29) is 19.6 Å². The first kappa shape index (κ1) is 17.2. The average molecular weight is 401 g/mol. The van der Waals surface area contributed by atoms with Gasteiger partial charge >= 0.3 is 153 Å². The number of benzene rings is 3.